The number of ether oxygens (including phenoxy) is 2. The highest BCUT2D eigenvalue weighted by Crippen LogP contribution is 1.97. The van der Waals surface area contributed by atoms with Crippen molar-refractivity contribution in [2.24, 2.45) is 0 Å². The molecule has 1 N–H and O–H groups in total. The van der Waals surface area contributed by atoms with E-state index < -0.39 is 0 Å². The number of esters is 1. The molecule has 4 nitrogen and oxygen atoms in total. The Labute approximate surface area is 59.5 Å². The zero-order chi connectivity index (χ0) is 7.40. The Kier molecular flexibility index (Phi) is 2.65. The van der Waals surface area contributed by atoms with Gasteiger partial charge in [-0.1, -0.05) is 0 Å². The fourth-order valence-electron chi connectivity index (χ4n) is 0.802. The normalized spacial score (nSPS) is 25.9. The number of morpholine rings is 1. The molecule has 4 heteroatoms. The van der Waals surface area contributed by atoms with Crippen molar-refractivity contribution >= 4 is 5.97 Å². The quantitative estimate of drug-likeness (QED) is 0.505. The van der Waals surface area contributed by atoms with Crippen LogP contribution in [0.25, 0.3) is 0 Å². The first-order valence-corrected chi connectivity index (χ1v) is 3.28. The summed E-state index contributed by atoms with van der Waals surface area (Å²) in [7, 11) is 0. The van der Waals surface area contributed by atoms with E-state index in [2.05, 4.69) is 5.32 Å². The molecule has 0 saturated carbocycles. The molecule has 0 aromatic heterocycles. The average Bonchev–Trinajstić information content (AvgIpc) is 1.88. The summed E-state index contributed by atoms with van der Waals surface area (Å²) in [6.45, 7) is 3.41. The first kappa shape index (κ1) is 7.50. The summed E-state index contributed by atoms with van der Waals surface area (Å²) in [5.41, 5.74) is 0. The summed E-state index contributed by atoms with van der Waals surface area (Å²) in [4.78, 5) is 10.4. The molecule has 1 aliphatic heterocycles. The molecule has 1 atom stereocenters. The van der Waals surface area contributed by atoms with Crippen LogP contribution in [0.15, 0.2) is 0 Å². The van der Waals surface area contributed by atoms with E-state index in [1.807, 2.05) is 0 Å². The van der Waals surface area contributed by atoms with E-state index in [1.165, 1.54) is 6.92 Å². The molecule has 0 radical (unpaired) electrons. The molecule has 1 fully saturated rings. The molecule has 0 aromatic carbocycles. The van der Waals surface area contributed by atoms with Crippen molar-refractivity contribution in [3.8, 4) is 0 Å². The van der Waals surface area contributed by atoms with Crippen LogP contribution in [0.1, 0.15) is 6.92 Å². The van der Waals surface area contributed by atoms with Crippen LogP contribution in [0.3, 0.4) is 0 Å². The predicted octanol–water partition coefficient (Wildman–Crippen LogP) is -0.505. The Morgan fingerprint density at radius 2 is 2.60 bits per heavy atom. The smallest absolute Gasteiger partial charge is 0.304 e. The molecule has 1 rings (SSSR count). The molecule has 1 aliphatic rings. The minimum atomic E-state index is -0.383. The van der Waals surface area contributed by atoms with E-state index in [4.69, 9.17) is 9.47 Å². The monoisotopic (exact) mass is 145 g/mol. The fraction of sp³-hybridized carbons (Fsp3) is 0.833. The fourth-order valence-corrected chi connectivity index (χ4v) is 0.802. The van der Waals surface area contributed by atoms with Gasteiger partial charge in [0.15, 0.2) is 0 Å². The van der Waals surface area contributed by atoms with Crippen molar-refractivity contribution in [1.82, 2.24) is 5.32 Å². The molecular weight excluding hydrogens is 134 g/mol. The Hall–Kier alpha value is -0.610. The first-order valence-electron chi connectivity index (χ1n) is 3.28. The van der Waals surface area contributed by atoms with Gasteiger partial charge in [0.2, 0.25) is 6.29 Å². The molecule has 0 aliphatic carbocycles. The third-order valence-corrected chi connectivity index (χ3v) is 1.19. The summed E-state index contributed by atoms with van der Waals surface area (Å²) in [6, 6.07) is 0. The van der Waals surface area contributed by atoms with E-state index >= 15 is 0 Å². The lowest BCUT2D eigenvalue weighted by molar-refractivity contribution is -0.180. The third-order valence-electron chi connectivity index (χ3n) is 1.19. The van der Waals surface area contributed by atoms with E-state index in [9.17, 15) is 4.79 Å². The maximum atomic E-state index is 10.4. The maximum Gasteiger partial charge on any atom is 0.304 e. The standard InChI is InChI=1S/C6H11NO3/c1-5(8)10-6-4-7-2-3-9-6/h6-7H,2-4H2,1H3. The Bertz CT molecular complexity index is 120. The highest BCUT2D eigenvalue weighted by molar-refractivity contribution is 5.66. The van der Waals surface area contributed by atoms with E-state index in [0.29, 0.717) is 13.2 Å². The lowest BCUT2D eigenvalue weighted by Crippen LogP contribution is -2.40. The second kappa shape index (κ2) is 3.53. The summed E-state index contributed by atoms with van der Waals surface area (Å²) in [5.74, 6) is -0.297. The van der Waals surface area contributed by atoms with Gasteiger partial charge in [0.25, 0.3) is 0 Å². The number of carbonyl (C=O) groups excluding carboxylic acids is 1. The van der Waals surface area contributed by atoms with Crippen LogP contribution in [0.2, 0.25) is 0 Å². The van der Waals surface area contributed by atoms with Gasteiger partial charge < -0.3 is 14.8 Å². The topological polar surface area (TPSA) is 47.6 Å². The van der Waals surface area contributed by atoms with Crippen LogP contribution < -0.4 is 5.32 Å². The number of carbonyl (C=O) groups is 1. The van der Waals surface area contributed by atoms with Gasteiger partial charge in [0.1, 0.15) is 0 Å². The maximum absolute atomic E-state index is 10.4. The van der Waals surface area contributed by atoms with Crippen molar-refractivity contribution in [1.29, 1.82) is 0 Å². The zero-order valence-electron chi connectivity index (χ0n) is 5.92. The van der Waals surface area contributed by atoms with Gasteiger partial charge in [-0.25, -0.2) is 0 Å². The lowest BCUT2D eigenvalue weighted by Gasteiger charge is -2.22. The van der Waals surface area contributed by atoms with E-state index in [0.717, 1.165) is 6.54 Å². The van der Waals surface area contributed by atoms with Gasteiger partial charge in [-0.05, 0) is 0 Å². The van der Waals surface area contributed by atoms with Crippen molar-refractivity contribution < 1.29 is 14.3 Å². The van der Waals surface area contributed by atoms with Crippen LogP contribution in [-0.4, -0.2) is 32.0 Å². The Balaban J connectivity index is 2.19. The highest BCUT2D eigenvalue weighted by Gasteiger charge is 2.14. The largest absolute Gasteiger partial charge is 0.435 e. The first-order chi connectivity index (χ1) is 4.79. The molecule has 10 heavy (non-hydrogen) atoms. The SMILES string of the molecule is CC(=O)OC1CNCCO1. The molecule has 1 unspecified atom stereocenters. The Morgan fingerprint density at radius 1 is 1.80 bits per heavy atom. The number of hydrogen-bond donors (Lipinski definition) is 1. The lowest BCUT2D eigenvalue weighted by atomic mass is 10.5. The van der Waals surface area contributed by atoms with Crippen molar-refractivity contribution in [2.45, 2.75) is 13.2 Å². The van der Waals surface area contributed by atoms with Crippen LogP contribution in [0.5, 0.6) is 0 Å². The van der Waals surface area contributed by atoms with Gasteiger partial charge in [-0.15, -0.1) is 0 Å². The minimum Gasteiger partial charge on any atom is -0.435 e. The summed E-state index contributed by atoms with van der Waals surface area (Å²) < 4.78 is 9.85. The van der Waals surface area contributed by atoms with Gasteiger partial charge in [-0.3, -0.25) is 4.79 Å². The average molecular weight is 145 g/mol. The van der Waals surface area contributed by atoms with Gasteiger partial charge in [0.05, 0.1) is 13.2 Å². The van der Waals surface area contributed by atoms with Crippen LogP contribution in [-0.2, 0) is 14.3 Å². The molecule has 0 bridgehead atoms. The second-order valence-electron chi connectivity index (χ2n) is 2.11. The molecule has 0 aromatic rings. The molecule has 0 spiro atoms. The van der Waals surface area contributed by atoms with Gasteiger partial charge in [-0.2, -0.15) is 0 Å². The van der Waals surface area contributed by atoms with Gasteiger partial charge in [0, 0.05) is 13.5 Å². The van der Waals surface area contributed by atoms with Crippen molar-refractivity contribution in [3.05, 3.63) is 0 Å². The third kappa shape index (κ3) is 2.33. The number of rotatable bonds is 1. The van der Waals surface area contributed by atoms with Crippen molar-refractivity contribution in [2.75, 3.05) is 19.7 Å². The molecule has 1 saturated heterocycles. The van der Waals surface area contributed by atoms with Crippen LogP contribution in [0, 0.1) is 0 Å². The van der Waals surface area contributed by atoms with Gasteiger partial charge >= 0.3 is 5.97 Å². The summed E-state index contributed by atoms with van der Waals surface area (Å²) in [5, 5.41) is 3.04. The zero-order valence-corrected chi connectivity index (χ0v) is 5.92. The highest BCUT2D eigenvalue weighted by atomic mass is 16.7. The number of nitrogens with one attached hydrogen (secondary N) is 1. The molecule has 1 heterocycles. The molecule has 58 valence electrons. The Morgan fingerprint density at radius 3 is 3.10 bits per heavy atom. The predicted molar refractivity (Wildman–Crippen MR) is 34.4 cm³/mol. The summed E-state index contributed by atoms with van der Waals surface area (Å²) in [6.07, 6.45) is -0.383. The van der Waals surface area contributed by atoms with E-state index in [-0.39, 0.29) is 12.3 Å². The molecular formula is C6H11NO3. The second-order valence-corrected chi connectivity index (χ2v) is 2.11. The molecule has 0 amide bonds. The van der Waals surface area contributed by atoms with Crippen LogP contribution in [0.4, 0.5) is 0 Å². The summed E-state index contributed by atoms with van der Waals surface area (Å²) >= 11 is 0. The minimum absolute atomic E-state index is 0.297. The van der Waals surface area contributed by atoms with E-state index in [1.54, 1.807) is 0 Å². The number of hydrogen-bond acceptors (Lipinski definition) is 4. The van der Waals surface area contributed by atoms with Crippen molar-refractivity contribution in [3.63, 3.8) is 0 Å². The van der Waals surface area contributed by atoms with Crippen LogP contribution >= 0.6 is 0 Å².